The zero-order chi connectivity index (χ0) is 83.0. The molecule has 598 valence electrons. The van der Waals surface area contributed by atoms with Gasteiger partial charge in [-0.2, -0.15) is 0 Å². The number of furan rings is 2. The maximum absolute atomic E-state index is 6.56. The third kappa shape index (κ3) is 14.6. The Morgan fingerprint density at radius 1 is 0.317 bits per heavy atom. The molecule has 0 radical (unpaired) electrons. The molecule has 0 amide bonds. The topological polar surface area (TPSA) is 89.6 Å². The Balaban J connectivity index is 0.000000197. The molecule has 0 spiro atoms. The number of imidazole rings is 3. The van der Waals surface area contributed by atoms with E-state index in [4.69, 9.17) is 13.8 Å². The second-order valence-electron chi connectivity index (χ2n) is 32.7. The van der Waals surface area contributed by atoms with Crippen molar-refractivity contribution in [2.45, 2.75) is 88.0 Å². The maximum atomic E-state index is 6.56. The summed E-state index contributed by atoms with van der Waals surface area (Å²) in [5.41, 5.74) is 35.6. The van der Waals surface area contributed by atoms with Crippen LogP contribution in [0, 0.1) is 73.6 Å². The quantitative estimate of drug-likeness (QED) is 0.101. The molecule has 1 unspecified atom stereocenters. The van der Waals surface area contributed by atoms with Gasteiger partial charge in [-0.25, -0.2) is 0 Å². The monoisotopic (exact) mass is 1770 g/mol. The molecule has 7 aromatic heterocycles. The minimum atomic E-state index is 0. The number of para-hydroxylation sites is 2. The molecule has 0 aliphatic heterocycles. The Hall–Kier alpha value is -14.2. The van der Waals surface area contributed by atoms with Crippen LogP contribution in [0.2, 0.25) is 0 Å². The van der Waals surface area contributed by atoms with Crippen molar-refractivity contribution in [3.63, 3.8) is 0 Å². The Labute approximate surface area is 729 Å². The Bertz CT molecular complexity index is 7580. The predicted octanol–water partition coefficient (Wildman–Crippen LogP) is 28.9. The third-order valence-electron chi connectivity index (χ3n) is 24.3. The standard InChI is InChI=1S/C76H55N4O2.2C18H17N2.Ir/c1-5-46(2)52-23-29-70-62(41-52)60-19-10-12-21-68(60)80(70)58-27-33-74-66(45-58)64-43-56(25-31-72(64)82-74)54-17-13-16-53(40-54)55-24-30-71-63(42-55)65-44-57(26-32-73(65)81-71)79-67-20-11-9-18-59(67)61-39-49(22-28-69(61)79)38-50-36-47(3)75(48(4)37-50)78-35-34-77-76(78)51-14-7-6-8-15-51;2*1-13-11-14(2)17(15(3)12-13)20-10-9-19-18(20)16-7-5-4-6-8-16;/h6-14,16-37,39-46H,5,38H2,1-4H3;2*4-7,9-12H,1-3H3;/q3*-1;+3. The minimum Gasteiger partial charge on any atom is -0.456 e. The molecule has 0 saturated heterocycles. The average molecular weight is 1770 g/mol. The van der Waals surface area contributed by atoms with Gasteiger partial charge in [0.1, 0.15) is 22.3 Å². The van der Waals surface area contributed by atoms with Crippen LogP contribution in [0.4, 0.5) is 0 Å². The van der Waals surface area contributed by atoms with Crippen LogP contribution in [-0.2, 0) is 26.5 Å². The van der Waals surface area contributed by atoms with E-state index in [0.29, 0.717) is 5.92 Å². The number of aryl methyl sites for hydroxylation is 8. The van der Waals surface area contributed by atoms with Gasteiger partial charge in [-0.15, -0.1) is 108 Å². The van der Waals surface area contributed by atoms with Crippen molar-refractivity contribution in [3.05, 3.63) is 408 Å². The largest absolute Gasteiger partial charge is 3.00 e. The van der Waals surface area contributed by atoms with Crippen molar-refractivity contribution in [1.29, 1.82) is 0 Å². The third-order valence-corrected chi connectivity index (χ3v) is 24.3. The molecule has 7 heterocycles. The summed E-state index contributed by atoms with van der Waals surface area (Å²) in [6.07, 6.45) is 13.6. The van der Waals surface area contributed by atoms with Crippen LogP contribution in [0.5, 0.6) is 0 Å². The molecule has 1 atom stereocenters. The van der Waals surface area contributed by atoms with E-state index < -0.39 is 0 Å². The zero-order valence-electron chi connectivity index (χ0n) is 70.4. The van der Waals surface area contributed by atoms with Gasteiger partial charge in [0.15, 0.2) is 0 Å². The SMILES string of the molecule is CCC(C)c1ccc2c(c1)c1ccccc1n2-c1ccc2oc3ccc(-c4cccc(-c5ccc6oc7ccc(-n8c9ccccc9c9cc(Cc%10cc(C)c(-n%11ccnc%11-c%11[c-]cccc%11)c(C)c%10)ccc98)cc7c6c5)c4)cc3c2c1.Cc1cc(C)c(-n2ccnc2-c2[c-]cccc2)c(C)c1.Cc1cc(C)c(-n2ccnc2-c2[c-]cccc2)c(C)c1.[Ir+3]. The predicted molar refractivity (Wildman–Crippen MR) is 503 cm³/mol. The molecule has 0 N–H and O–H groups in total. The zero-order valence-corrected chi connectivity index (χ0v) is 72.8. The number of hydrogen-bond acceptors (Lipinski definition) is 5. The van der Waals surface area contributed by atoms with Crippen molar-refractivity contribution < 1.29 is 28.9 Å². The summed E-state index contributed by atoms with van der Waals surface area (Å²) in [6.45, 7) is 21.8. The average Bonchev–Trinajstić information content (AvgIpc) is 1.58. The Morgan fingerprint density at radius 2 is 0.691 bits per heavy atom. The first kappa shape index (κ1) is 78.6. The molecular weight excluding hydrogens is 1680 g/mol. The van der Waals surface area contributed by atoms with E-state index in [1.807, 2.05) is 104 Å². The molecule has 15 aromatic carbocycles. The molecule has 11 heteroatoms. The fourth-order valence-electron chi connectivity index (χ4n) is 18.8. The van der Waals surface area contributed by atoms with Crippen LogP contribution in [-0.4, -0.2) is 37.8 Å². The van der Waals surface area contributed by atoms with Gasteiger partial charge in [0.2, 0.25) is 0 Å². The number of aromatic nitrogens is 8. The number of rotatable bonds is 14. The van der Waals surface area contributed by atoms with Gasteiger partial charge < -0.3 is 31.7 Å². The van der Waals surface area contributed by atoms with Gasteiger partial charge in [-0.3, -0.25) is 15.0 Å². The molecule has 0 aliphatic rings. The van der Waals surface area contributed by atoms with E-state index in [1.165, 1.54) is 116 Å². The molecule has 22 rings (SSSR count). The smallest absolute Gasteiger partial charge is 0.456 e. The van der Waals surface area contributed by atoms with Gasteiger partial charge in [0, 0.05) is 109 Å². The Kier molecular flexibility index (Phi) is 20.9. The van der Waals surface area contributed by atoms with Gasteiger partial charge in [-0.1, -0.05) is 140 Å². The number of benzene rings is 15. The molecule has 0 bridgehead atoms. The van der Waals surface area contributed by atoms with Crippen molar-refractivity contribution in [3.8, 4) is 84.9 Å². The molecule has 0 saturated carbocycles. The first-order valence-corrected chi connectivity index (χ1v) is 42.0. The van der Waals surface area contributed by atoms with E-state index in [1.54, 1.807) is 0 Å². The van der Waals surface area contributed by atoms with Crippen LogP contribution in [0.1, 0.15) is 87.4 Å². The van der Waals surface area contributed by atoms with Gasteiger partial charge in [0.05, 0.1) is 39.5 Å². The van der Waals surface area contributed by atoms with Crippen LogP contribution >= 0.6 is 0 Å². The van der Waals surface area contributed by atoms with Crippen LogP contribution in [0.3, 0.4) is 0 Å². The van der Waals surface area contributed by atoms with Crippen molar-refractivity contribution in [2.24, 2.45) is 0 Å². The van der Waals surface area contributed by atoms with E-state index in [2.05, 4.69) is 345 Å². The van der Waals surface area contributed by atoms with Gasteiger partial charge in [0.25, 0.3) is 0 Å². The molecule has 123 heavy (non-hydrogen) atoms. The summed E-state index contributed by atoms with van der Waals surface area (Å²) < 4.78 is 24.4. The van der Waals surface area contributed by atoms with E-state index in [-0.39, 0.29) is 20.1 Å². The number of nitrogens with zero attached hydrogens (tertiary/aromatic N) is 8. The second kappa shape index (κ2) is 32.7. The summed E-state index contributed by atoms with van der Waals surface area (Å²) in [5, 5.41) is 9.39. The number of hydrogen-bond donors (Lipinski definition) is 0. The maximum Gasteiger partial charge on any atom is 3.00 e. The van der Waals surface area contributed by atoms with Crippen LogP contribution < -0.4 is 0 Å². The normalized spacial score (nSPS) is 11.8. The van der Waals surface area contributed by atoms with Crippen LogP contribution in [0.25, 0.3) is 172 Å². The fraction of sp³-hybridized carbons (Fsp3) is 0.116. The van der Waals surface area contributed by atoms with Crippen molar-refractivity contribution in [2.75, 3.05) is 0 Å². The Morgan fingerprint density at radius 3 is 1.11 bits per heavy atom. The van der Waals surface area contributed by atoms with Crippen LogP contribution in [0.15, 0.2) is 337 Å². The van der Waals surface area contributed by atoms with Gasteiger partial charge >= 0.3 is 20.1 Å². The molecule has 10 nitrogen and oxygen atoms in total. The molecule has 0 aliphatic carbocycles. The second-order valence-corrected chi connectivity index (χ2v) is 32.7. The summed E-state index contributed by atoms with van der Waals surface area (Å²) in [4.78, 5) is 13.7. The van der Waals surface area contributed by atoms with Gasteiger partial charge in [-0.05, 0) is 250 Å². The molecule has 0 fully saturated rings. The number of fused-ring (bicyclic) bond motifs is 12. The van der Waals surface area contributed by atoms with E-state index in [0.717, 1.165) is 130 Å². The first-order chi connectivity index (χ1) is 59.6. The summed E-state index contributed by atoms with van der Waals surface area (Å²) in [5.74, 6) is 3.26. The van der Waals surface area contributed by atoms with E-state index in [9.17, 15) is 0 Å². The molecule has 22 aromatic rings. The van der Waals surface area contributed by atoms with Crippen molar-refractivity contribution >= 4 is 87.5 Å². The van der Waals surface area contributed by atoms with E-state index >= 15 is 0 Å². The summed E-state index contributed by atoms with van der Waals surface area (Å²) in [7, 11) is 0. The fourth-order valence-corrected chi connectivity index (χ4v) is 18.8. The summed E-state index contributed by atoms with van der Waals surface area (Å²) >= 11 is 0. The summed E-state index contributed by atoms with van der Waals surface area (Å²) in [6, 6.07) is 114. The first-order valence-electron chi connectivity index (χ1n) is 42.0. The molecular formula is C112H89IrN8O2. The minimum absolute atomic E-state index is 0. The van der Waals surface area contributed by atoms with Crippen molar-refractivity contribution in [1.82, 2.24) is 37.8 Å².